The molecule has 0 radical (unpaired) electrons. The maximum absolute atomic E-state index is 11.5. The van der Waals surface area contributed by atoms with Crippen LogP contribution in [-0.2, 0) is 23.8 Å². The molecule has 0 aliphatic rings. The molecule has 0 aliphatic carbocycles. The molecule has 0 aromatic heterocycles. The van der Waals surface area contributed by atoms with E-state index in [1.807, 2.05) is 0 Å². The third-order valence-electron chi connectivity index (χ3n) is 3.57. The van der Waals surface area contributed by atoms with Gasteiger partial charge in [0, 0.05) is 20.0 Å². The van der Waals surface area contributed by atoms with Crippen molar-refractivity contribution in [2.24, 2.45) is 0 Å². The van der Waals surface area contributed by atoms with E-state index in [4.69, 9.17) is 14.2 Å². The fourth-order valence-corrected chi connectivity index (χ4v) is 2.17. The van der Waals surface area contributed by atoms with Gasteiger partial charge in [0.15, 0.2) is 0 Å². The van der Waals surface area contributed by atoms with Gasteiger partial charge in [-0.15, -0.1) is 0 Å². The van der Waals surface area contributed by atoms with E-state index in [0.29, 0.717) is 38.9 Å². The average molecular weight is 330 g/mol. The Morgan fingerprint density at radius 3 is 1.74 bits per heavy atom. The number of esters is 2. The SMILES string of the molecule is CCCCCCCCCOC(=O)CCCCC(=O)OCCOC. The Labute approximate surface area is 141 Å². The van der Waals surface area contributed by atoms with Gasteiger partial charge < -0.3 is 14.2 Å². The van der Waals surface area contributed by atoms with Crippen LogP contribution < -0.4 is 0 Å². The lowest BCUT2D eigenvalue weighted by Gasteiger charge is -2.05. The number of carbonyl (C=O) groups is 2. The van der Waals surface area contributed by atoms with E-state index in [1.54, 1.807) is 7.11 Å². The molecule has 5 heteroatoms. The molecule has 23 heavy (non-hydrogen) atoms. The van der Waals surface area contributed by atoms with Crippen LogP contribution in [0.25, 0.3) is 0 Å². The van der Waals surface area contributed by atoms with Crippen molar-refractivity contribution in [3.8, 4) is 0 Å². The highest BCUT2D eigenvalue weighted by Crippen LogP contribution is 2.08. The van der Waals surface area contributed by atoms with E-state index >= 15 is 0 Å². The minimum atomic E-state index is -0.238. The van der Waals surface area contributed by atoms with E-state index in [-0.39, 0.29) is 18.5 Å². The average Bonchev–Trinajstić information content (AvgIpc) is 2.54. The Morgan fingerprint density at radius 2 is 1.17 bits per heavy atom. The first kappa shape index (κ1) is 21.9. The molecule has 0 unspecified atom stereocenters. The molecule has 0 heterocycles. The van der Waals surface area contributed by atoms with Crippen molar-refractivity contribution >= 4 is 11.9 Å². The summed E-state index contributed by atoms with van der Waals surface area (Å²) in [4.78, 5) is 22.8. The Hall–Kier alpha value is -1.10. The molecule has 0 atom stereocenters. The predicted molar refractivity (Wildman–Crippen MR) is 90.3 cm³/mol. The second-order valence-electron chi connectivity index (χ2n) is 5.76. The van der Waals surface area contributed by atoms with E-state index in [0.717, 1.165) is 12.8 Å². The summed E-state index contributed by atoms with van der Waals surface area (Å²) in [5, 5.41) is 0. The molecule has 0 N–H and O–H groups in total. The molecule has 0 aliphatic heterocycles. The summed E-state index contributed by atoms with van der Waals surface area (Å²) in [6.45, 7) is 3.43. The van der Waals surface area contributed by atoms with Crippen LogP contribution in [0.15, 0.2) is 0 Å². The van der Waals surface area contributed by atoms with Gasteiger partial charge in [-0.2, -0.15) is 0 Å². The lowest BCUT2D eigenvalue weighted by molar-refractivity contribution is -0.146. The second-order valence-corrected chi connectivity index (χ2v) is 5.76. The first-order valence-electron chi connectivity index (χ1n) is 9.00. The third-order valence-corrected chi connectivity index (χ3v) is 3.57. The highest BCUT2D eigenvalue weighted by Gasteiger charge is 2.06. The maximum atomic E-state index is 11.5. The van der Waals surface area contributed by atoms with Gasteiger partial charge >= 0.3 is 11.9 Å². The van der Waals surface area contributed by atoms with Crippen molar-refractivity contribution in [2.75, 3.05) is 26.9 Å². The van der Waals surface area contributed by atoms with Crippen LogP contribution in [-0.4, -0.2) is 38.9 Å². The Balaban J connectivity index is 3.29. The minimum absolute atomic E-state index is 0.163. The molecular formula is C18H34O5. The van der Waals surface area contributed by atoms with Crippen molar-refractivity contribution in [3.05, 3.63) is 0 Å². The third kappa shape index (κ3) is 17.1. The molecular weight excluding hydrogens is 296 g/mol. The first-order chi connectivity index (χ1) is 11.2. The Morgan fingerprint density at radius 1 is 0.652 bits per heavy atom. The van der Waals surface area contributed by atoms with Gasteiger partial charge in [0.1, 0.15) is 6.61 Å². The molecule has 0 saturated heterocycles. The lowest BCUT2D eigenvalue weighted by Crippen LogP contribution is -2.10. The molecule has 0 aromatic rings. The lowest BCUT2D eigenvalue weighted by atomic mass is 10.1. The van der Waals surface area contributed by atoms with Gasteiger partial charge in [0.25, 0.3) is 0 Å². The maximum Gasteiger partial charge on any atom is 0.305 e. The van der Waals surface area contributed by atoms with E-state index in [1.165, 1.54) is 32.1 Å². The second kappa shape index (κ2) is 17.3. The van der Waals surface area contributed by atoms with Crippen molar-refractivity contribution in [1.29, 1.82) is 0 Å². The van der Waals surface area contributed by atoms with Crippen LogP contribution in [0.3, 0.4) is 0 Å². The number of ether oxygens (including phenoxy) is 3. The van der Waals surface area contributed by atoms with Crippen molar-refractivity contribution in [3.63, 3.8) is 0 Å². The summed E-state index contributed by atoms with van der Waals surface area (Å²) in [6, 6.07) is 0. The van der Waals surface area contributed by atoms with E-state index in [2.05, 4.69) is 6.92 Å². The highest BCUT2D eigenvalue weighted by atomic mass is 16.6. The Bertz CT molecular complexity index is 291. The van der Waals surface area contributed by atoms with Crippen LogP contribution in [0, 0.1) is 0 Å². The first-order valence-corrected chi connectivity index (χ1v) is 9.00. The van der Waals surface area contributed by atoms with Gasteiger partial charge in [0.05, 0.1) is 13.2 Å². The van der Waals surface area contributed by atoms with E-state index in [9.17, 15) is 9.59 Å². The van der Waals surface area contributed by atoms with Crippen molar-refractivity contribution in [2.45, 2.75) is 77.6 Å². The van der Waals surface area contributed by atoms with Gasteiger partial charge in [-0.1, -0.05) is 45.4 Å². The summed E-state index contributed by atoms with van der Waals surface area (Å²) in [5.41, 5.74) is 0. The molecule has 0 saturated carbocycles. The summed E-state index contributed by atoms with van der Waals surface area (Å²) < 4.78 is 14.9. The largest absolute Gasteiger partial charge is 0.466 e. The number of methoxy groups -OCH3 is 1. The zero-order valence-electron chi connectivity index (χ0n) is 14.9. The van der Waals surface area contributed by atoms with E-state index < -0.39 is 0 Å². The zero-order chi connectivity index (χ0) is 17.2. The molecule has 0 aromatic carbocycles. The number of carbonyl (C=O) groups excluding carboxylic acids is 2. The molecule has 0 spiro atoms. The number of unbranched alkanes of at least 4 members (excludes halogenated alkanes) is 7. The summed E-state index contributed by atoms with van der Waals surface area (Å²) in [7, 11) is 1.56. The molecule has 0 amide bonds. The number of rotatable bonds is 16. The predicted octanol–water partition coefficient (Wildman–Crippen LogP) is 4.03. The topological polar surface area (TPSA) is 61.8 Å². The number of hydrogen-bond donors (Lipinski definition) is 0. The highest BCUT2D eigenvalue weighted by molar-refractivity contribution is 5.70. The van der Waals surface area contributed by atoms with Gasteiger partial charge in [-0.3, -0.25) is 9.59 Å². The molecule has 0 fully saturated rings. The standard InChI is InChI=1S/C18H34O5/c1-3-4-5-6-7-8-11-14-22-17(19)12-9-10-13-18(20)23-16-15-21-2/h3-16H2,1-2H3. The summed E-state index contributed by atoms with van der Waals surface area (Å²) in [5.74, 6) is -0.401. The fraction of sp³-hybridized carbons (Fsp3) is 0.889. The molecule has 5 nitrogen and oxygen atoms in total. The normalized spacial score (nSPS) is 10.5. The van der Waals surface area contributed by atoms with Crippen LogP contribution in [0.2, 0.25) is 0 Å². The van der Waals surface area contributed by atoms with Crippen LogP contribution in [0.4, 0.5) is 0 Å². The Kier molecular flexibility index (Phi) is 16.4. The van der Waals surface area contributed by atoms with Crippen molar-refractivity contribution in [1.82, 2.24) is 0 Å². The van der Waals surface area contributed by atoms with Crippen molar-refractivity contribution < 1.29 is 23.8 Å². The summed E-state index contributed by atoms with van der Waals surface area (Å²) in [6.07, 6.45) is 10.5. The van der Waals surface area contributed by atoms with Gasteiger partial charge in [-0.05, 0) is 19.3 Å². The van der Waals surface area contributed by atoms with Gasteiger partial charge in [-0.25, -0.2) is 0 Å². The molecule has 136 valence electrons. The molecule has 0 rings (SSSR count). The fourth-order valence-electron chi connectivity index (χ4n) is 2.17. The number of hydrogen-bond acceptors (Lipinski definition) is 5. The minimum Gasteiger partial charge on any atom is -0.466 e. The molecule has 0 bridgehead atoms. The monoisotopic (exact) mass is 330 g/mol. The van der Waals surface area contributed by atoms with Gasteiger partial charge in [0.2, 0.25) is 0 Å². The smallest absolute Gasteiger partial charge is 0.305 e. The quantitative estimate of drug-likeness (QED) is 0.316. The summed E-state index contributed by atoms with van der Waals surface area (Å²) >= 11 is 0. The zero-order valence-corrected chi connectivity index (χ0v) is 14.9. The van der Waals surface area contributed by atoms with Crippen LogP contribution >= 0.6 is 0 Å². The van der Waals surface area contributed by atoms with Crippen LogP contribution in [0.5, 0.6) is 0 Å². The van der Waals surface area contributed by atoms with Crippen LogP contribution in [0.1, 0.15) is 77.6 Å².